The first-order valence-corrected chi connectivity index (χ1v) is 12.4. The fourth-order valence-corrected chi connectivity index (χ4v) is 5.16. The first-order chi connectivity index (χ1) is 19.4. The van der Waals surface area contributed by atoms with Gasteiger partial charge in [0.1, 0.15) is 77.6 Å². The summed E-state index contributed by atoms with van der Waals surface area (Å²) in [5, 5.41) is 114. The molecule has 2 aliphatic heterocycles. The van der Waals surface area contributed by atoms with Crippen LogP contribution in [0.4, 0.5) is 0 Å². The van der Waals surface area contributed by atoms with Gasteiger partial charge in [0.25, 0.3) is 0 Å². The molecule has 0 amide bonds. The predicted octanol–water partition coefficient (Wildman–Crippen LogP) is -2.05. The van der Waals surface area contributed by atoms with E-state index in [0.29, 0.717) is 0 Å². The summed E-state index contributed by atoms with van der Waals surface area (Å²) in [6.07, 6.45) is -16.0. The number of ether oxygens (including phenoxy) is 2. The third-order valence-corrected chi connectivity index (χ3v) is 7.42. The average Bonchev–Trinajstić information content (AvgIpc) is 2.93. The van der Waals surface area contributed by atoms with Crippen LogP contribution >= 0.6 is 0 Å². The quantitative estimate of drug-likeness (QED) is 0.148. The highest BCUT2D eigenvalue weighted by atomic mass is 16.5. The number of aliphatic hydroxyl groups is 7. The van der Waals surface area contributed by atoms with Gasteiger partial charge in [0.05, 0.1) is 24.3 Å². The second-order valence-electron chi connectivity index (χ2n) is 9.96. The molecule has 3 heterocycles. The molecule has 0 aliphatic carbocycles. The van der Waals surface area contributed by atoms with E-state index in [-0.39, 0.29) is 11.3 Å². The summed E-state index contributed by atoms with van der Waals surface area (Å²) >= 11 is 0. The highest BCUT2D eigenvalue weighted by Crippen LogP contribution is 2.50. The first kappa shape index (κ1) is 29.0. The van der Waals surface area contributed by atoms with Crippen LogP contribution in [0.15, 0.2) is 33.5 Å². The number of hydrogen-bond donors (Lipinski definition) is 11. The van der Waals surface area contributed by atoms with Gasteiger partial charge in [-0.25, -0.2) is 0 Å². The number of phenols is 4. The molecule has 3 aromatic rings. The van der Waals surface area contributed by atoms with Gasteiger partial charge in [0.2, 0.25) is 0 Å². The van der Waals surface area contributed by atoms with Crippen molar-refractivity contribution in [2.45, 2.75) is 54.9 Å². The molecule has 1 aromatic heterocycles. The lowest BCUT2D eigenvalue weighted by Crippen LogP contribution is -2.55. The van der Waals surface area contributed by atoms with Gasteiger partial charge < -0.3 is 70.1 Å². The smallest absolute Gasteiger partial charge is 0.197 e. The summed E-state index contributed by atoms with van der Waals surface area (Å²) in [7, 11) is 0. The summed E-state index contributed by atoms with van der Waals surface area (Å²) < 4.78 is 16.8. The van der Waals surface area contributed by atoms with Crippen LogP contribution in [0.3, 0.4) is 0 Å². The molecule has 11 N–H and O–H groups in total. The molecular formula is C26H28O15. The Morgan fingerprint density at radius 2 is 1.44 bits per heavy atom. The van der Waals surface area contributed by atoms with Crippen molar-refractivity contribution in [3.8, 4) is 34.3 Å². The van der Waals surface area contributed by atoms with Crippen molar-refractivity contribution in [3.63, 3.8) is 0 Å². The van der Waals surface area contributed by atoms with Gasteiger partial charge >= 0.3 is 0 Å². The third kappa shape index (κ3) is 4.66. The van der Waals surface area contributed by atoms with E-state index in [1.165, 1.54) is 6.07 Å². The zero-order chi connectivity index (χ0) is 29.9. The molecule has 41 heavy (non-hydrogen) atoms. The molecule has 9 unspecified atom stereocenters. The van der Waals surface area contributed by atoms with Crippen LogP contribution in [-0.4, -0.2) is 112 Å². The predicted molar refractivity (Wildman–Crippen MR) is 134 cm³/mol. The second kappa shape index (κ2) is 10.7. The largest absolute Gasteiger partial charge is 0.507 e. The number of phenolic OH excluding ortho intramolecular Hbond substituents is 4. The number of hydrogen-bond acceptors (Lipinski definition) is 15. The highest BCUT2D eigenvalue weighted by Gasteiger charge is 2.48. The maximum atomic E-state index is 13.4. The number of aliphatic hydroxyl groups excluding tert-OH is 7. The Balaban J connectivity index is 1.82. The summed E-state index contributed by atoms with van der Waals surface area (Å²) in [6, 6.07) is 4.34. The van der Waals surface area contributed by atoms with Gasteiger partial charge in [-0.3, -0.25) is 4.79 Å². The van der Waals surface area contributed by atoms with Crippen LogP contribution in [0.2, 0.25) is 0 Å². The molecule has 9 atom stereocenters. The Kier molecular flexibility index (Phi) is 7.58. The van der Waals surface area contributed by atoms with Crippen molar-refractivity contribution in [2.75, 3.05) is 13.2 Å². The number of benzene rings is 2. The molecule has 0 bridgehead atoms. The van der Waals surface area contributed by atoms with Crippen LogP contribution in [0, 0.1) is 0 Å². The van der Waals surface area contributed by atoms with Gasteiger partial charge in [-0.1, -0.05) is 0 Å². The number of aromatic hydroxyl groups is 4. The standard InChI is InChI=1S/C26H28O15/c27-5-13-18(33)21(36)23(38)26(41-13)16-20(35)15(25-22(37)17(32)11(31)6-39-25)19(34)14-10(30)4-12(40-24(14)16)7-1-2-8(28)9(29)3-7/h1-4,11,13,17-18,21-23,25-29,31-38H,5-6H2. The maximum Gasteiger partial charge on any atom is 0.197 e. The topological polar surface area (TPSA) is 271 Å². The van der Waals surface area contributed by atoms with Crippen LogP contribution < -0.4 is 5.43 Å². The molecule has 2 saturated heterocycles. The van der Waals surface area contributed by atoms with E-state index >= 15 is 0 Å². The zero-order valence-corrected chi connectivity index (χ0v) is 21.0. The second-order valence-corrected chi connectivity index (χ2v) is 9.96. The summed E-state index contributed by atoms with van der Waals surface area (Å²) in [5.74, 6) is -3.21. The minimum atomic E-state index is -2.00. The van der Waals surface area contributed by atoms with Crippen molar-refractivity contribution in [3.05, 3.63) is 45.6 Å². The Morgan fingerprint density at radius 3 is 2.10 bits per heavy atom. The molecule has 15 nitrogen and oxygen atoms in total. The van der Waals surface area contributed by atoms with Gasteiger partial charge in [0.15, 0.2) is 22.5 Å². The van der Waals surface area contributed by atoms with Crippen molar-refractivity contribution in [2.24, 2.45) is 0 Å². The van der Waals surface area contributed by atoms with Gasteiger partial charge in [-0.15, -0.1) is 0 Å². The Morgan fingerprint density at radius 1 is 0.756 bits per heavy atom. The average molecular weight is 580 g/mol. The van der Waals surface area contributed by atoms with E-state index in [4.69, 9.17) is 13.9 Å². The van der Waals surface area contributed by atoms with Crippen LogP contribution in [0.5, 0.6) is 23.0 Å². The lowest BCUT2D eigenvalue weighted by molar-refractivity contribution is -0.231. The molecule has 2 aromatic carbocycles. The summed E-state index contributed by atoms with van der Waals surface area (Å²) in [4.78, 5) is 13.4. The molecule has 0 saturated carbocycles. The Labute approximate surface area is 229 Å². The molecule has 0 spiro atoms. The monoisotopic (exact) mass is 580 g/mol. The SMILES string of the molecule is O=c1cc(-c2ccc(O)c(O)c2)oc2c(C3OC(CO)C(O)C(O)C3O)c(O)c(C3OCC(O)C(O)C3O)c(O)c12. The lowest BCUT2D eigenvalue weighted by atomic mass is 9.85. The fourth-order valence-electron chi connectivity index (χ4n) is 5.16. The molecule has 15 heteroatoms. The maximum absolute atomic E-state index is 13.4. The van der Waals surface area contributed by atoms with E-state index < -0.39 is 119 Å². The van der Waals surface area contributed by atoms with E-state index in [2.05, 4.69) is 0 Å². The third-order valence-electron chi connectivity index (χ3n) is 7.42. The van der Waals surface area contributed by atoms with Gasteiger partial charge in [-0.05, 0) is 18.2 Å². The van der Waals surface area contributed by atoms with Crippen LogP contribution in [-0.2, 0) is 9.47 Å². The summed E-state index contributed by atoms with van der Waals surface area (Å²) in [5.41, 5.74) is -2.68. The van der Waals surface area contributed by atoms with E-state index in [9.17, 15) is 61.0 Å². The van der Waals surface area contributed by atoms with E-state index in [1.807, 2.05) is 0 Å². The molecule has 2 aliphatic rings. The van der Waals surface area contributed by atoms with Crippen LogP contribution in [0.1, 0.15) is 23.3 Å². The van der Waals surface area contributed by atoms with Crippen molar-refractivity contribution < 1.29 is 70.1 Å². The molecule has 5 rings (SSSR count). The van der Waals surface area contributed by atoms with E-state index in [1.54, 1.807) is 0 Å². The van der Waals surface area contributed by atoms with Crippen molar-refractivity contribution in [1.29, 1.82) is 0 Å². The minimum absolute atomic E-state index is 0.0604. The molecule has 0 radical (unpaired) electrons. The normalized spacial score (nSPS) is 32.3. The number of rotatable bonds is 4. The van der Waals surface area contributed by atoms with Crippen molar-refractivity contribution >= 4 is 11.0 Å². The number of fused-ring (bicyclic) bond motifs is 1. The summed E-state index contributed by atoms with van der Waals surface area (Å²) in [6.45, 7) is -1.39. The fraction of sp³-hybridized carbons (Fsp3) is 0.423. The minimum Gasteiger partial charge on any atom is -0.507 e. The van der Waals surface area contributed by atoms with Gasteiger partial charge in [-0.2, -0.15) is 0 Å². The molecule has 222 valence electrons. The van der Waals surface area contributed by atoms with E-state index in [0.717, 1.165) is 18.2 Å². The lowest BCUT2D eigenvalue weighted by Gasteiger charge is -2.41. The zero-order valence-electron chi connectivity index (χ0n) is 21.0. The van der Waals surface area contributed by atoms with Crippen molar-refractivity contribution in [1.82, 2.24) is 0 Å². The molecular weight excluding hydrogens is 552 g/mol. The van der Waals surface area contributed by atoms with Gasteiger partial charge in [0, 0.05) is 11.6 Å². The first-order valence-electron chi connectivity index (χ1n) is 12.4. The van der Waals surface area contributed by atoms with Crippen LogP contribution in [0.25, 0.3) is 22.3 Å². The Hall–Kier alpha value is -3.51. The highest BCUT2D eigenvalue weighted by molar-refractivity contribution is 5.92. The Bertz CT molecular complexity index is 1520. The molecule has 2 fully saturated rings.